The molecule has 30 heavy (non-hydrogen) atoms. The highest BCUT2D eigenvalue weighted by atomic mass is 32.2. The van der Waals surface area contributed by atoms with Gasteiger partial charge in [0.05, 0.1) is 4.91 Å². The van der Waals surface area contributed by atoms with Crippen molar-refractivity contribution in [3.05, 3.63) is 40.6 Å². The minimum atomic E-state index is -0.380. The Morgan fingerprint density at radius 2 is 1.80 bits per heavy atom. The van der Waals surface area contributed by atoms with Crippen LogP contribution < -0.4 is 5.32 Å². The van der Waals surface area contributed by atoms with Crippen LogP contribution in [0.3, 0.4) is 0 Å². The molecular weight excluding hydrogens is 403 g/mol. The van der Waals surface area contributed by atoms with E-state index >= 15 is 0 Å². The first-order valence-electron chi connectivity index (χ1n) is 10.4. The van der Waals surface area contributed by atoms with Crippen LogP contribution in [0.25, 0.3) is 6.08 Å². The highest BCUT2D eigenvalue weighted by Gasteiger charge is 2.35. The number of nitrogens with zero attached hydrogens (tertiary/aromatic N) is 1. The van der Waals surface area contributed by atoms with Crippen LogP contribution in [0.1, 0.15) is 52.0 Å². The topological polar surface area (TPSA) is 66.5 Å². The van der Waals surface area contributed by atoms with Gasteiger partial charge < -0.3 is 5.32 Å². The summed E-state index contributed by atoms with van der Waals surface area (Å²) in [6, 6.07) is 5.72. The molecule has 1 aromatic rings. The van der Waals surface area contributed by atoms with E-state index in [1.54, 1.807) is 18.2 Å². The third kappa shape index (κ3) is 5.50. The van der Waals surface area contributed by atoms with Gasteiger partial charge in [-0.3, -0.25) is 19.3 Å². The quantitative estimate of drug-likeness (QED) is 0.677. The molecule has 1 aromatic carbocycles. The number of thioether (sulfide) groups is 1. The number of halogens is 1. The van der Waals surface area contributed by atoms with E-state index in [0.717, 1.165) is 42.3 Å². The van der Waals surface area contributed by atoms with Gasteiger partial charge in [-0.25, -0.2) is 4.39 Å². The Labute approximate surface area is 181 Å². The van der Waals surface area contributed by atoms with E-state index < -0.39 is 0 Å². The van der Waals surface area contributed by atoms with E-state index in [2.05, 4.69) is 26.1 Å². The minimum absolute atomic E-state index is 0.0104. The Bertz CT molecular complexity index is 837. The smallest absolute Gasteiger partial charge is 0.293 e. The van der Waals surface area contributed by atoms with Crippen molar-refractivity contribution < 1.29 is 18.8 Å². The zero-order valence-electron chi connectivity index (χ0n) is 17.7. The maximum absolute atomic E-state index is 13.0. The average Bonchev–Trinajstić information content (AvgIpc) is 2.96. The summed E-state index contributed by atoms with van der Waals surface area (Å²) in [5.41, 5.74) is 0.926. The number of nitrogens with one attached hydrogen (secondary N) is 1. The van der Waals surface area contributed by atoms with Gasteiger partial charge in [-0.05, 0) is 72.6 Å². The molecule has 7 heteroatoms. The molecule has 162 valence electrons. The van der Waals surface area contributed by atoms with Gasteiger partial charge in [-0.15, -0.1) is 0 Å². The van der Waals surface area contributed by atoms with Crippen molar-refractivity contribution in [3.8, 4) is 0 Å². The molecule has 3 rings (SSSR count). The normalized spacial score (nSPS) is 23.9. The van der Waals surface area contributed by atoms with Crippen LogP contribution in [0.5, 0.6) is 0 Å². The highest BCUT2D eigenvalue weighted by molar-refractivity contribution is 8.18. The fourth-order valence-electron chi connectivity index (χ4n) is 4.06. The molecule has 0 aromatic heterocycles. The van der Waals surface area contributed by atoms with Crippen LogP contribution in [-0.2, 0) is 9.59 Å². The summed E-state index contributed by atoms with van der Waals surface area (Å²) in [5.74, 6) is -0.0741. The van der Waals surface area contributed by atoms with Crippen LogP contribution in [0.4, 0.5) is 9.18 Å². The van der Waals surface area contributed by atoms with Crippen molar-refractivity contribution in [2.75, 3.05) is 13.1 Å². The average molecular weight is 433 g/mol. The number of hydrogen-bond acceptors (Lipinski definition) is 4. The van der Waals surface area contributed by atoms with Gasteiger partial charge in [0.25, 0.3) is 11.1 Å². The summed E-state index contributed by atoms with van der Waals surface area (Å²) in [6.45, 7) is 7.14. The molecule has 5 nitrogen and oxygen atoms in total. The Hall–Kier alpha value is -2.15. The Morgan fingerprint density at radius 1 is 1.17 bits per heavy atom. The first-order valence-corrected chi connectivity index (χ1v) is 11.3. The third-order valence-corrected chi connectivity index (χ3v) is 6.91. The second-order valence-electron chi connectivity index (χ2n) is 9.09. The predicted molar refractivity (Wildman–Crippen MR) is 117 cm³/mol. The largest absolute Gasteiger partial charge is 0.354 e. The van der Waals surface area contributed by atoms with Gasteiger partial charge in [0, 0.05) is 19.0 Å². The second kappa shape index (κ2) is 9.33. The van der Waals surface area contributed by atoms with Crippen LogP contribution in [0.2, 0.25) is 0 Å². The van der Waals surface area contributed by atoms with Crippen LogP contribution in [0, 0.1) is 23.1 Å². The lowest BCUT2D eigenvalue weighted by atomic mass is 9.70. The fraction of sp³-hybridized carbons (Fsp3) is 0.522. The van der Waals surface area contributed by atoms with Crippen molar-refractivity contribution in [2.45, 2.75) is 46.5 Å². The number of rotatable bonds is 5. The molecule has 0 radical (unpaired) electrons. The number of hydrogen-bond donors (Lipinski definition) is 1. The molecule has 1 N–H and O–H groups in total. The maximum atomic E-state index is 13.0. The Balaban J connectivity index is 1.48. The number of benzene rings is 1. The minimum Gasteiger partial charge on any atom is -0.354 e. The van der Waals surface area contributed by atoms with E-state index in [4.69, 9.17) is 0 Å². The SMILES string of the molecule is CC(C)(C)C1CCC(C(=O)NCCN2C(=O)S/C(=C/c3ccc(F)cc3)C2=O)CC1. The van der Waals surface area contributed by atoms with E-state index in [1.807, 2.05) is 0 Å². The van der Waals surface area contributed by atoms with Crippen molar-refractivity contribution in [1.82, 2.24) is 10.2 Å². The van der Waals surface area contributed by atoms with Gasteiger partial charge in [0.2, 0.25) is 5.91 Å². The molecule has 1 heterocycles. The van der Waals surface area contributed by atoms with Crippen molar-refractivity contribution in [2.24, 2.45) is 17.3 Å². The van der Waals surface area contributed by atoms with Gasteiger partial charge in [-0.1, -0.05) is 32.9 Å². The first-order chi connectivity index (χ1) is 14.1. The molecule has 0 spiro atoms. The molecular formula is C23H29FN2O3S. The summed E-state index contributed by atoms with van der Waals surface area (Å²) in [4.78, 5) is 38.7. The van der Waals surface area contributed by atoms with E-state index in [9.17, 15) is 18.8 Å². The molecule has 1 saturated carbocycles. The maximum Gasteiger partial charge on any atom is 0.293 e. The molecule has 2 fully saturated rings. The fourth-order valence-corrected chi connectivity index (χ4v) is 4.93. The van der Waals surface area contributed by atoms with Crippen LogP contribution >= 0.6 is 11.8 Å². The number of imide groups is 1. The molecule has 3 amide bonds. The van der Waals surface area contributed by atoms with Gasteiger partial charge >= 0.3 is 0 Å². The second-order valence-corrected chi connectivity index (χ2v) is 10.1. The molecule has 0 atom stereocenters. The summed E-state index contributed by atoms with van der Waals surface area (Å²) >= 11 is 0.862. The van der Waals surface area contributed by atoms with Crippen molar-refractivity contribution >= 4 is 34.9 Å². The molecule has 1 aliphatic heterocycles. The molecule has 2 aliphatic rings. The zero-order chi connectivity index (χ0) is 21.9. The summed E-state index contributed by atoms with van der Waals surface area (Å²) < 4.78 is 13.0. The van der Waals surface area contributed by atoms with Crippen molar-refractivity contribution in [1.29, 1.82) is 0 Å². The lowest BCUT2D eigenvalue weighted by Gasteiger charge is -2.36. The first kappa shape index (κ1) is 22.5. The number of carbonyl (C=O) groups is 3. The third-order valence-electron chi connectivity index (χ3n) is 6.00. The Morgan fingerprint density at radius 3 is 2.40 bits per heavy atom. The van der Waals surface area contributed by atoms with E-state index in [1.165, 1.54) is 12.1 Å². The van der Waals surface area contributed by atoms with E-state index in [-0.39, 0.29) is 47.3 Å². The Kier molecular flexibility index (Phi) is 7.01. The zero-order valence-corrected chi connectivity index (χ0v) is 18.6. The molecule has 0 bridgehead atoms. The molecule has 0 unspecified atom stereocenters. The monoisotopic (exact) mass is 432 g/mol. The lowest BCUT2D eigenvalue weighted by molar-refractivity contribution is -0.127. The summed E-state index contributed by atoms with van der Waals surface area (Å²) in [5, 5.41) is 2.54. The van der Waals surface area contributed by atoms with Gasteiger partial charge in [0.1, 0.15) is 5.82 Å². The number of carbonyl (C=O) groups excluding carboxylic acids is 3. The summed E-state index contributed by atoms with van der Waals surface area (Å²) in [7, 11) is 0. The van der Waals surface area contributed by atoms with Gasteiger partial charge in [0.15, 0.2) is 0 Å². The highest BCUT2D eigenvalue weighted by Crippen LogP contribution is 2.39. The number of amides is 3. The van der Waals surface area contributed by atoms with E-state index in [0.29, 0.717) is 16.4 Å². The molecule has 1 saturated heterocycles. The van der Waals surface area contributed by atoms with Gasteiger partial charge in [-0.2, -0.15) is 0 Å². The standard InChI is InChI=1S/C23H29FN2O3S/c1-23(2,3)17-8-6-16(7-9-17)20(27)25-12-13-26-21(28)19(30-22(26)29)14-15-4-10-18(24)11-5-15/h4-5,10-11,14,16-17H,6-9,12-13H2,1-3H3,(H,25,27)/b19-14+. The predicted octanol–water partition coefficient (Wildman–Crippen LogP) is 4.83. The van der Waals surface area contributed by atoms with Crippen molar-refractivity contribution in [3.63, 3.8) is 0 Å². The lowest BCUT2D eigenvalue weighted by Crippen LogP contribution is -2.40. The molecule has 1 aliphatic carbocycles. The van der Waals surface area contributed by atoms with Crippen LogP contribution in [-0.4, -0.2) is 35.0 Å². The van der Waals surface area contributed by atoms with Crippen LogP contribution in [0.15, 0.2) is 29.2 Å². The summed E-state index contributed by atoms with van der Waals surface area (Å²) in [6.07, 6.45) is 5.46.